The second-order valence-electron chi connectivity index (χ2n) is 6.47. The molecule has 1 aliphatic rings. The number of benzene rings is 2. The third-order valence-electron chi connectivity index (χ3n) is 4.34. The molecule has 2 aromatic carbocycles. The number of carbonyl (C=O) groups excluding carboxylic acids is 1. The number of rotatable bonds is 4. The van der Waals surface area contributed by atoms with Crippen molar-refractivity contribution in [3.05, 3.63) is 54.1 Å². The van der Waals surface area contributed by atoms with Crippen LogP contribution in [0.4, 0.5) is 21.9 Å². The summed E-state index contributed by atoms with van der Waals surface area (Å²) in [6.45, 7) is 7.38. The molecule has 0 unspecified atom stereocenters. The van der Waals surface area contributed by atoms with Crippen LogP contribution in [0.25, 0.3) is 0 Å². The first-order valence-electron chi connectivity index (χ1n) is 8.73. The Labute approximate surface area is 149 Å². The Morgan fingerprint density at radius 1 is 1.00 bits per heavy atom. The van der Waals surface area contributed by atoms with Crippen LogP contribution in [0, 0.1) is 0 Å². The molecule has 0 radical (unpaired) electrons. The minimum absolute atomic E-state index is 0.238. The number of morpholine rings is 1. The van der Waals surface area contributed by atoms with Crippen molar-refractivity contribution in [3.63, 3.8) is 0 Å². The van der Waals surface area contributed by atoms with Crippen LogP contribution >= 0.6 is 0 Å². The highest BCUT2D eigenvalue weighted by atomic mass is 16.5. The van der Waals surface area contributed by atoms with Gasteiger partial charge in [-0.05, 0) is 35.7 Å². The number of hydrogen-bond acceptors (Lipinski definition) is 3. The molecule has 0 aromatic heterocycles. The Hall–Kier alpha value is -2.53. The Bertz CT molecular complexity index is 707. The van der Waals surface area contributed by atoms with E-state index in [1.807, 2.05) is 48.5 Å². The van der Waals surface area contributed by atoms with Gasteiger partial charge in [-0.2, -0.15) is 0 Å². The van der Waals surface area contributed by atoms with Crippen molar-refractivity contribution in [2.24, 2.45) is 0 Å². The fraction of sp³-hybridized carbons (Fsp3) is 0.350. The molecule has 2 amide bonds. The maximum Gasteiger partial charge on any atom is 0.323 e. The number of anilines is 3. The van der Waals surface area contributed by atoms with Crippen LogP contribution in [0.1, 0.15) is 25.3 Å². The van der Waals surface area contributed by atoms with E-state index in [1.165, 1.54) is 5.56 Å². The monoisotopic (exact) mass is 339 g/mol. The number of ether oxygens (including phenoxy) is 1. The minimum atomic E-state index is -0.238. The van der Waals surface area contributed by atoms with Crippen LogP contribution in [0.5, 0.6) is 0 Å². The summed E-state index contributed by atoms with van der Waals surface area (Å²) in [6.07, 6.45) is 0. The molecule has 132 valence electrons. The number of amides is 2. The normalized spacial score (nSPS) is 14.4. The Balaban J connectivity index is 1.66. The zero-order chi connectivity index (χ0) is 17.6. The molecule has 1 aliphatic heterocycles. The second kappa shape index (κ2) is 8.03. The Morgan fingerprint density at radius 2 is 1.68 bits per heavy atom. The fourth-order valence-corrected chi connectivity index (χ4v) is 2.90. The molecule has 2 aromatic rings. The zero-order valence-electron chi connectivity index (χ0n) is 14.8. The number of hydrogen-bond donors (Lipinski definition) is 2. The first-order chi connectivity index (χ1) is 12.1. The van der Waals surface area contributed by atoms with E-state index in [2.05, 4.69) is 29.4 Å². The average molecular weight is 339 g/mol. The lowest BCUT2D eigenvalue weighted by molar-refractivity contribution is 0.123. The molecule has 0 aliphatic carbocycles. The van der Waals surface area contributed by atoms with Gasteiger partial charge in [0.1, 0.15) is 0 Å². The van der Waals surface area contributed by atoms with Crippen LogP contribution in [0.15, 0.2) is 48.5 Å². The lowest BCUT2D eigenvalue weighted by Gasteiger charge is -2.30. The highest BCUT2D eigenvalue weighted by Crippen LogP contribution is 2.26. The predicted molar refractivity (Wildman–Crippen MR) is 103 cm³/mol. The zero-order valence-corrected chi connectivity index (χ0v) is 14.8. The summed E-state index contributed by atoms with van der Waals surface area (Å²) in [5.74, 6) is 0.475. The summed E-state index contributed by atoms with van der Waals surface area (Å²) in [5.41, 5.74) is 3.87. The molecule has 5 heteroatoms. The molecule has 2 N–H and O–H groups in total. The number of urea groups is 1. The Kier molecular flexibility index (Phi) is 5.56. The number of nitrogens with zero attached hydrogens (tertiary/aromatic N) is 1. The van der Waals surface area contributed by atoms with Gasteiger partial charge in [-0.15, -0.1) is 0 Å². The quantitative estimate of drug-likeness (QED) is 0.874. The van der Waals surface area contributed by atoms with E-state index in [4.69, 9.17) is 4.74 Å². The molecular weight excluding hydrogens is 314 g/mol. The summed E-state index contributed by atoms with van der Waals surface area (Å²) in [4.78, 5) is 14.6. The van der Waals surface area contributed by atoms with E-state index in [-0.39, 0.29) is 6.03 Å². The topological polar surface area (TPSA) is 53.6 Å². The van der Waals surface area contributed by atoms with Gasteiger partial charge in [0.2, 0.25) is 0 Å². The van der Waals surface area contributed by atoms with Gasteiger partial charge in [0, 0.05) is 18.8 Å². The highest BCUT2D eigenvalue weighted by Gasteiger charge is 2.15. The molecule has 5 nitrogen and oxygen atoms in total. The van der Waals surface area contributed by atoms with Crippen LogP contribution in [0.2, 0.25) is 0 Å². The molecule has 25 heavy (non-hydrogen) atoms. The van der Waals surface area contributed by atoms with Gasteiger partial charge in [0.05, 0.1) is 24.6 Å². The van der Waals surface area contributed by atoms with Crippen molar-refractivity contribution >= 4 is 23.1 Å². The standard InChI is InChI=1S/C20H25N3O2/c1-15(2)16-7-9-17(10-8-16)21-20(24)22-18-5-3-4-6-19(18)23-11-13-25-14-12-23/h3-10,15H,11-14H2,1-2H3,(H2,21,22,24). The largest absolute Gasteiger partial charge is 0.378 e. The average Bonchev–Trinajstić information content (AvgIpc) is 2.63. The van der Waals surface area contributed by atoms with Gasteiger partial charge in [-0.3, -0.25) is 0 Å². The van der Waals surface area contributed by atoms with Gasteiger partial charge < -0.3 is 20.3 Å². The first kappa shape index (κ1) is 17.3. The molecule has 0 saturated carbocycles. The summed E-state index contributed by atoms with van der Waals surface area (Å²) >= 11 is 0. The van der Waals surface area contributed by atoms with Gasteiger partial charge in [-0.1, -0.05) is 38.1 Å². The highest BCUT2D eigenvalue weighted by molar-refractivity contribution is 6.01. The molecule has 0 bridgehead atoms. The molecule has 1 heterocycles. The van der Waals surface area contributed by atoms with Crippen molar-refractivity contribution in [2.45, 2.75) is 19.8 Å². The number of nitrogens with one attached hydrogen (secondary N) is 2. The molecule has 0 atom stereocenters. The van der Waals surface area contributed by atoms with Crippen molar-refractivity contribution in [1.29, 1.82) is 0 Å². The predicted octanol–water partition coefficient (Wildman–Crippen LogP) is 4.29. The van der Waals surface area contributed by atoms with Crippen molar-refractivity contribution in [1.82, 2.24) is 0 Å². The summed E-state index contributed by atoms with van der Waals surface area (Å²) in [6, 6.07) is 15.6. The van der Waals surface area contributed by atoms with E-state index in [1.54, 1.807) is 0 Å². The van der Waals surface area contributed by atoms with Gasteiger partial charge in [0.15, 0.2) is 0 Å². The molecule has 3 rings (SSSR count). The second-order valence-corrected chi connectivity index (χ2v) is 6.47. The summed E-state index contributed by atoms with van der Waals surface area (Å²) < 4.78 is 5.41. The summed E-state index contributed by atoms with van der Waals surface area (Å²) in [5, 5.41) is 5.85. The lowest BCUT2D eigenvalue weighted by atomic mass is 10.0. The van der Waals surface area contributed by atoms with Crippen molar-refractivity contribution in [3.8, 4) is 0 Å². The SMILES string of the molecule is CC(C)c1ccc(NC(=O)Nc2ccccc2N2CCOCC2)cc1. The summed E-state index contributed by atoms with van der Waals surface area (Å²) in [7, 11) is 0. The third-order valence-corrected chi connectivity index (χ3v) is 4.34. The van der Waals surface area contributed by atoms with Gasteiger partial charge >= 0.3 is 6.03 Å². The first-order valence-corrected chi connectivity index (χ1v) is 8.73. The van der Waals surface area contributed by atoms with Crippen molar-refractivity contribution in [2.75, 3.05) is 41.8 Å². The third kappa shape index (κ3) is 4.51. The molecule has 1 fully saturated rings. The smallest absolute Gasteiger partial charge is 0.323 e. The van der Waals surface area contributed by atoms with E-state index in [9.17, 15) is 4.79 Å². The van der Waals surface area contributed by atoms with Gasteiger partial charge in [0.25, 0.3) is 0 Å². The minimum Gasteiger partial charge on any atom is -0.378 e. The van der Waals surface area contributed by atoms with E-state index in [0.29, 0.717) is 19.1 Å². The van der Waals surface area contributed by atoms with Gasteiger partial charge in [-0.25, -0.2) is 4.79 Å². The maximum atomic E-state index is 12.4. The van der Waals surface area contributed by atoms with E-state index in [0.717, 1.165) is 30.2 Å². The van der Waals surface area contributed by atoms with Crippen LogP contribution in [-0.4, -0.2) is 32.3 Å². The van der Waals surface area contributed by atoms with E-state index >= 15 is 0 Å². The number of para-hydroxylation sites is 2. The fourth-order valence-electron chi connectivity index (χ4n) is 2.90. The van der Waals surface area contributed by atoms with Crippen molar-refractivity contribution < 1.29 is 9.53 Å². The molecule has 1 saturated heterocycles. The van der Waals surface area contributed by atoms with Crippen LogP contribution < -0.4 is 15.5 Å². The van der Waals surface area contributed by atoms with Crippen LogP contribution in [-0.2, 0) is 4.74 Å². The van der Waals surface area contributed by atoms with E-state index < -0.39 is 0 Å². The maximum absolute atomic E-state index is 12.4. The molecular formula is C20H25N3O2. The number of carbonyl (C=O) groups is 1. The Morgan fingerprint density at radius 3 is 2.36 bits per heavy atom. The molecule has 0 spiro atoms. The van der Waals surface area contributed by atoms with Crippen LogP contribution in [0.3, 0.4) is 0 Å². The lowest BCUT2D eigenvalue weighted by Crippen LogP contribution is -2.36.